The summed E-state index contributed by atoms with van der Waals surface area (Å²) in [4.78, 5) is 16.6. The van der Waals surface area contributed by atoms with Crippen LogP contribution in [0.4, 0.5) is 0 Å². The van der Waals surface area contributed by atoms with Gasteiger partial charge in [0.25, 0.3) is 0 Å². The Hall–Kier alpha value is -10.00. The van der Waals surface area contributed by atoms with Crippen LogP contribution in [0, 0.1) is 0 Å². The predicted molar refractivity (Wildman–Crippen MR) is 332 cm³/mol. The first-order valence-electron chi connectivity index (χ1n) is 26.9. The van der Waals surface area contributed by atoms with Gasteiger partial charge in [-0.15, -0.1) is 0 Å². The monoisotopic (exact) mass is 1040 g/mol. The standard InChI is InChI=1S/C71H50N6Si2/c1-8-26-51(27-9-1)70-73-68(75-63-42-24-22-40-60(63)61-48-58(44-46-64(61)75)78(52-28-10-2-11-29-52,53-30-12-3-13-31-53)54-32-14-4-15-33-54)50-69(74-70)77-66-47-45-59(49-67(66)76-65-43-25-23-41-62(65)72-71(76)77)79(55-34-16-5-17-35-55,56-36-18-6-19-37-56)57-38-20-7-21-39-57/h1-50H. The normalized spacial score (nSPS) is 12.1. The summed E-state index contributed by atoms with van der Waals surface area (Å²) < 4.78 is 6.92. The highest BCUT2D eigenvalue weighted by Crippen LogP contribution is 2.35. The van der Waals surface area contributed by atoms with Crippen molar-refractivity contribution in [2.75, 3.05) is 0 Å². The summed E-state index contributed by atoms with van der Waals surface area (Å²) in [6, 6.07) is 111. The molecule has 0 fully saturated rings. The van der Waals surface area contributed by atoms with Crippen molar-refractivity contribution in [2.45, 2.75) is 0 Å². The highest BCUT2D eigenvalue weighted by molar-refractivity contribution is 7.20. The molecule has 0 aliphatic heterocycles. The van der Waals surface area contributed by atoms with E-state index in [4.69, 9.17) is 15.0 Å². The third-order valence-corrected chi connectivity index (χ3v) is 25.7. The van der Waals surface area contributed by atoms with Crippen LogP contribution in [0.3, 0.4) is 0 Å². The third kappa shape index (κ3) is 7.26. The molecule has 0 bridgehead atoms. The Labute approximate surface area is 459 Å². The van der Waals surface area contributed by atoms with Crippen LogP contribution in [-0.2, 0) is 0 Å². The largest absolute Gasteiger partial charge is 0.294 e. The van der Waals surface area contributed by atoms with Gasteiger partial charge in [0.05, 0.1) is 33.1 Å². The van der Waals surface area contributed by atoms with E-state index in [0.717, 1.165) is 66.8 Å². The first-order valence-corrected chi connectivity index (χ1v) is 30.9. The molecule has 0 radical (unpaired) electrons. The zero-order valence-electron chi connectivity index (χ0n) is 43.1. The highest BCUT2D eigenvalue weighted by atomic mass is 28.3. The van der Waals surface area contributed by atoms with E-state index in [1.165, 1.54) is 41.5 Å². The number of fused-ring (bicyclic) bond motifs is 8. The minimum absolute atomic E-state index is 0.621. The molecule has 0 saturated carbocycles. The number of para-hydroxylation sites is 3. The maximum Gasteiger partial charge on any atom is 0.221 e. The molecule has 6 nitrogen and oxygen atoms in total. The van der Waals surface area contributed by atoms with Crippen molar-refractivity contribution in [3.8, 4) is 23.0 Å². The van der Waals surface area contributed by atoms with Crippen molar-refractivity contribution in [1.29, 1.82) is 0 Å². The van der Waals surface area contributed by atoms with E-state index in [1.54, 1.807) is 0 Å². The van der Waals surface area contributed by atoms with E-state index in [9.17, 15) is 0 Å². The second-order valence-electron chi connectivity index (χ2n) is 20.3. The van der Waals surface area contributed by atoms with Crippen LogP contribution in [0.15, 0.2) is 303 Å². The fraction of sp³-hybridized carbons (Fsp3) is 0. The molecule has 15 rings (SSSR count). The molecule has 15 aromatic rings. The van der Waals surface area contributed by atoms with Gasteiger partial charge >= 0.3 is 0 Å². The number of imidazole rings is 2. The van der Waals surface area contributed by atoms with Crippen LogP contribution in [0.1, 0.15) is 0 Å². The van der Waals surface area contributed by atoms with Gasteiger partial charge in [0.15, 0.2) is 22.0 Å². The molecule has 4 heterocycles. The Morgan fingerprint density at radius 2 is 0.646 bits per heavy atom. The van der Waals surface area contributed by atoms with E-state index < -0.39 is 16.1 Å². The average molecular weight is 1040 g/mol. The quantitative estimate of drug-likeness (QED) is 0.0958. The lowest BCUT2D eigenvalue weighted by Gasteiger charge is -2.34. The van der Waals surface area contributed by atoms with Crippen LogP contribution in [0.25, 0.3) is 72.7 Å². The second-order valence-corrected chi connectivity index (χ2v) is 27.9. The second kappa shape index (κ2) is 18.9. The Morgan fingerprint density at radius 3 is 1.15 bits per heavy atom. The van der Waals surface area contributed by atoms with Crippen molar-refractivity contribution in [1.82, 2.24) is 28.5 Å². The molecule has 0 spiro atoms. The van der Waals surface area contributed by atoms with Crippen LogP contribution in [0.2, 0.25) is 0 Å². The van der Waals surface area contributed by atoms with Crippen LogP contribution >= 0.6 is 0 Å². The van der Waals surface area contributed by atoms with Crippen LogP contribution in [-0.4, -0.2) is 44.6 Å². The molecule has 4 aromatic heterocycles. The van der Waals surface area contributed by atoms with Gasteiger partial charge in [0.2, 0.25) is 5.78 Å². The SMILES string of the molecule is c1ccc(-c2nc(-n3c4ccccc4c4cc([Si](c5ccccc5)(c5ccccc5)c5ccccc5)ccc43)cc(-n3c4ccc([Si](c5ccccc5)(c5ccccc5)c5ccccc5)cc4n4c5ccccc5nc34)n2)cc1. The fourth-order valence-electron chi connectivity index (χ4n) is 12.8. The molecule has 79 heavy (non-hydrogen) atoms. The number of rotatable bonds is 11. The summed E-state index contributed by atoms with van der Waals surface area (Å²) in [7, 11) is -5.77. The van der Waals surface area contributed by atoms with Crippen LogP contribution < -0.4 is 41.5 Å². The van der Waals surface area contributed by atoms with Gasteiger partial charge < -0.3 is 0 Å². The van der Waals surface area contributed by atoms with Gasteiger partial charge in [-0.3, -0.25) is 13.5 Å². The summed E-state index contributed by atoms with van der Waals surface area (Å²) >= 11 is 0. The maximum absolute atomic E-state index is 5.55. The first-order chi connectivity index (χ1) is 39.2. The number of aromatic nitrogens is 6. The molecular formula is C71H50N6Si2. The molecule has 8 heteroatoms. The van der Waals surface area contributed by atoms with E-state index in [0.29, 0.717) is 5.82 Å². The molecule has 0 amide bonds. The zero-order valence-corrected chi connectivity index (χ0v) is 45.1. The molecule has 0 aliphatic carbocycles. The summed E-state index contributed by atoms with van der Waals surface area (Å²) in [5.41, 5.74) is 7.03. The minimum atomic E-state index is -2.92. The van der Waals surface area contributed by atoms with Crippen molar-refractivity contribution in [3.63, 3.8) is 0 Å². The molecule has 0 N–H and O–H groups in total. The number of hydrogen-bond acceptors (Lipinski definition) is 3. The number of nitrogens with zero attached hydrogens (tertiary/aromatic N) is 6. The molecule has 0 aliphatic rings. The summed E-state index contributed by atoms with van der Waals surface area (Å²) in [5, 5.41) is 12.9. The van der Waals surface area contributed by atoms with E-state index in [-0.39, 0.29) is 0 Å². The topological polar surface area (TPSA) is 52.9 Å². The minimum Gasteiger partial charge on any atom is -0.294 e. The maximum atomic E-state index is 5.55. The van der Waals surface area contributed by atoms with Crippen molar-refractivity contribution in [2.24, 2.45) is 0 Å². The lowest BCUT2D eigenvalue weighted by molar-refractivity contribution is 0.980. The Balaban J connectivity index is 1.00. The van der Waals surface area contributed by atoms with Crippen LogP contribution in [0.5, 0.6) is 0 Å². The summed E-state index contributed by atoms with van der Waals surface area (Å²) in [6.45, 7) is 0. The predicted octanol–water partition coefficient (Wildman–Crippen LogP) is 10.7. The van der Waals surface area contributed by atoms with Crippen molar-refractivity contribution in [3.05, 3.63) is 303 Å². The van der Waals surface area contributed by atoms with E-state index >= 15 is 0 Å². The summed E-state index contributed by atoms with van der Waals surface area (Å²) in [5.74, 6) is 2.88. The first kappa shape index (κ1) is 46.3. The molecule has 0 atom stereocenters. The lowest BCUT2D eigenvalue weighted by atomic mass is 10.1. The molecule has 0 unspecified atom stereocenters. The van der Waals surface area contributed by atoms with Gasteiger partial charge in [-0.1, -0.05) is 261 Å². The van der Waals surface area contributed by atoms with Gasteiger partial charge in [0, 0.05) is 22.4 Å². The Kier molecular flexibility index (Phi) is 11.1. The molecule has 0 saturated heterocycles. The lowest BCUT2D eigenvalue weighted by Crippen LogP contribution is -2.74. The zero-order chi connectivity index (χ0) is 52.3. The van der Waals surface area contributed by atoms with Gasteiger partial charge in [0.1, 0.15) is 11.6 Å². The van der Waals surface area contributed by atoms with Gasteiger partial charge in [-0.25, -0.2) is 15.0 Å². The van der Waals surface area contributed by atoms with E-state index in [2.05, 4.69) is 311 Å². The fourth-order valence-corrected chi connectivity index (χ4v) is 22.3. The van der Waals surface area contributed by atoms with Crippen molar-refractivity contribution < 1.29 is 0 Å². The molecular weight excluding hydrogens is 993 g/mol. The highest BCUT2D eigenvalue weighted by Gasteiger charge is 2.43. The Morgan fingerprint density at radius 1 is 0.253 bits per heavy atom. The third-order valence-electron chi connectivity index (χ3n) is 16.2. The molecule has 11 aromatic carbocycles. The van der Waals surface area contributed by atoms with Crippen molar-refractivity contribution >= 4 is 107 Å². The van der Waals surface area contributed by atoms with Gasteiger partial charge in [-0.05, 0) is 77.9 Å². The Bertz CT molecular complexity index is 4510. The van der Waals surface area contributed by atoms with Gasteiger partial charge in [-0.2, -0.15) is 0 Å². The van der Waals surface area contributed by atoms with E-state index in [1.807, 2.05) is 6.07 Å². The molecule has 372 valence electrons. The summed E-state index contributed by atoms with van der Waals surface area (Å²) in [6.07, 6.45) is 0. The number of benzene rings is 11. The smallest absolute Gasteiger partial charge is 0.221 e. The number of hydrogen-bond donors (Lipinski definition) is 0. The average Bonchev–Trinajstić information content (AvgIpc) is 4.27.